The third-order valence-corrected chi connectivity index (χ3v) is 5.68. The van der Waals surface area contributed by atoms with Crippen molar-refractivity contribution in [2.45, 2.75) is 49.9 Å². The summed E-state index contributed by atoms with van der Waals surface area (Å²) in [6, 6.07) is 6.12. The van der Waals surface area contributed by atoms with Gasteiger partial charge in [-0.1, -0.05) is 17.8 Å². The summed E-state index contributed by atoms with van der Waals surface area (Å²) in [6.45, 7) is 3.92. The molecule has 8 heteroatoms. The minimum absolute atomic E-state index is 0.0631. The van der Waals surface area contributed by atoms with Gasteiger partial charge in [-0.25, -0.2) is 0 Å². The van der Waals surface area contributed by atoms with Gasteiger partial charge in [0, 0.05) is 12.7 Å². The van der Waals surface area contributed by atoms with Crippen molar-refractivity contribution >= 4 is 29.3 Å². The lowest BCUT2D eigenvalue weighted by Gasteiger charge is -2.12. The highest BCUT2D eigenvalue weighted by Gasteiger charge is 2.21. The number of benzene rings is 1. The maximum atomic E-state index is 12.5. The van der Waals surface area contributed by atoms with Crippen molar-refractivity contribution in [3.8, 4) is 0 Å². The van der Waals surface area contributed by atoms with E-state index in [0.29, 0.717) is 17.6 Å². The number of anilines is 1. The van der Waals surface area contributed by atoms with E-state index in [0.717, 1.165) is 18.5 Å². The first kappa shape index (κ1) is 19.4. The van der Waals surface area contributed by atoms with Gasteiger partial charge in [-0.2, -0.15) is 0 Å². The van der Waals surface area contributed by atoms with Gasteiger partial charge in [0.05, 0.1) is 11.9 Å². The zero-order chi connectivity index (χ0) is 19.4. The van der Waals surface area contributed by atoms with E-state index in [1.165, 1.54) is 29.3 Å². The quantitative estimate of drug-likeness (QED) is 0.579. The summed E-state index contributed by atoms with van der Waals surface area (Å²) < 4.78 is 6.66. The molecule has 1 aromatic carbocycles. The van der Waals surface area contributed by atoms with Crippen LogP contribution in [0.2, 0.25) is 0 Å². The van der Waals surface area contributed by atoms with Gasteiger partial charge in [0.1, 0.15) is 12.2 Å². The molecule has 0 aliphatic heterocycles. The fourth-order valence-corrected chi connectivity index (χ4v) is 3.88. The molecule has 1 amide bonds. The average Bonchev–Trinajstić information content (AvgIpc) is 3.23. The lowest BCUT2D eigenvalue weighted by atomic mass is 10.1. The number of ether oxygens (including phenoxy) is 1. The Kier molecular flexibility index (Phi) is 6.15. The molecule has 1 aliphatic rings. The molecule has 7 nitrogen and oxygen atoms in total. The SMILES string of the molecule is CCOC(=O)Cc1nnc(S[C@H](C)C(=O)Nc2ccc3c(c2)CCC3)n1C. The van der Waals surface area contributed by atoms with Gasteiger partial charge < -0.3 is 14.6 Å². The Morgan fingerprint density at radius 2 is 2.07 bits per heavy atom. The molecule has 0 bridgehead atoms. The van der Waals surface area contributed by atoms with Gasteiger partial charge >= 0.3 is 5.97 Å². The fourth-order valence-electron chi connectivity index (χ4n) is 3.05. The van der Waals surface area contributed by atoms with E-state index in [1.807, 2.05) is 13.0 Å². The second-order valence-electron chi connectivity index (χ2n) is 6.53. The smallest absolute Gasteiger partial charge is 0.313 e. The Balaban J connectivity index is 1.60. The Bertz CT molecular complexity index is 849. The maximum Gasteiger partial charge on any atom is 0.313 e. The van der Waals surface area contributed by atoms with E-state index in [2.05, 4.69) is 27.6 Å². The number of hydrogen-bond donors (Lipinski definition) is 1. The first-order valence-electron chi connectivity index (χ1n) is 9.11. The summed E-state index contributed by atoms with van der Waals surface area (Å²) >= 11 is 1.31. The van der Waals surface area contributed by atoms with Gasteiger partial charge in [0.15, 0.2) is 5.16 Å². The number of rotatable bonds is 7. The van der Waals surface area contributed by atoms with Gasteiger partial charge in [0.2, 0.25) is 5.91 Å². The number of amides is 1. The van der Waals surface area contributed by atoms with Crippen LogP contribution in [0.15, 0.2) is 23.4 Å². The van der Waals surface area contributed by atoms with E-state index in [9.17, 15) is 9.59 Å². The third kappa shape index (κ3) is 4.68. The molecule has 0 saturated heterocycles. The van der Waals surface area contributed by atoms with Crippen molar-refractivity contribution in [3.05, 3.63) is 35.2 Å². The average molecular weight is 388 g/mol. The zero-order valence-electron chi connectivity index (χ0n) is 15.8. The highest BCUT2D eigenvalue weighted by atomic mass is 32.2. The van der Waals surface area contributed by atoms with Crippen molar-refractivity contribution in [1.29, 1.82) is 0 Å². The van der Waals surface area contributed by atoms with E-state index < -0.39 is 0 Å². The summed E-state index contributed by atoms with van der Waals surface area (Å²) in [5.74, 6) is 0.0852. The summed E-state index contributed by atoms with van der Waals surface area (Å²) in [6.07, 6.45) is 3.44. The van der Waals surface area contributed by atoms with E-state index in [-0.39, 0.29) is 23.5 Å². The molecule has 0 unspecified atom stereocenters. The van der Waals surface area contributed by atoms with Crippen LogP contribution in [0.4, 0.5) is 5.69 Å². The van der Waals surface area contributed by atoms with Crippen LogP contribution in [0, 0.1) is 0 Å². The Labute approximate surface area is 162 Å². The molecule has 27 heavy (non-hydrogen) atoms. The Hall–Kier alpha value is -2.35. The lowest BCUT2D eigenvalue weighted by molar-refractivity contribution is -0.142. The second-order valence-corrected chi connectivity index (χ2v) is 7.83. The minimum atomic E-state index is -0.350. The van der Waals surface area contributed by atoms with Crippen molar-refractivity contribution in [3.63, 3.8) is 0 Å². The first-order valence-corrected chi connectivity index (χ1v) is 9.99. The highest BCUT2D eigenvalue weighted by molar-refractivity contribution is 8.00. The number of hydrogen-bond acceptors (Lipinski definition) is 6. The topological polar surface area (TPSA) is 86.1 Å². The van der Waals surface area contributed by atoms with Crippen LogP contribution in [-0.2, 0) is 40.6 Å². The molecule has 3 rings (SSSR count). The Morgan fingerprint density at radius 1 is 1.30 bits per heavy atom. The highest BCUT2D eigenvalue weighted by Crippen LogP contribution is 2.26. The molecule has 0 saturated carbocycles. The number of carbonyl (C=O) groups is 2. The number of esters is 1. The number of nitrogens with one attached hydrogen (secondary N) is 1. The zero-order valence-corrected chi connectivity index (χ0v) is 16.6. The molecular formula is C19H24N4O3S. The molecule has 1 atom stereocenters. The fraction of sp³-hybridized carbons (Fsp3) is 0.474. The largest absolute Gasteiger partial charge is 0.466 e. The standard InChI is InChI=1S/C19H24N4O3S/c1-4-26-17(24)11-16-21-22-19(23(16)3)27-12(2)18(25)20-15-9-8-13-6-5-7-14(13)10-15/h8-10,12H,4-7,11H2,1-3H3,(H,20,25)/t12-/m1/s1. The van der Waals surface area contributed by atoms with Gasteiger partial charge in [-0.3, -0.25) is 9.59 Å². The molecular weight excluding hydrogens is 364 g/mol. The van der Waals surface area contributed by atoms with Gasteiger partial charge in [-0.15, -0.1) is 10.2 Å². The summed E-state index contributed by atoms with van der Waals surface area (Å²) in [5, 5.41) is 11.3. The first-order chi connectivity index (χ1) is 13.0. The van der Waals surface area contributed by atoms with E-state index >= 15 is 0 Å². The van der Waals surface area contributed by atoms with E-state index in [4.69, 9.17) is 4.74 Å². The van der Waals surface area contributed by atoms with Crippen molar-refractivity contribution in [2.75, 3.05) is 11.9 Å². The maximum absolute atomic E-state index is 12.5. The minimum Gasteiger partial charge on any atom is -0.466 e. The summed E-state index contributed by atoms with van der Waals surface area (Å²) in [5.41, 5.74) is 3.53. The summed E-state index contributed by atoms with van der Waals surface area (Å²) in [4.78, 5) is 24.1. The van der Waals surface area contributed by atoms with Crippen molar-refractivity contribution in [2.24, 2.45) is 7.05 Å². The molecule has 2 aromatic rings. The molecule has 1 N–H and O–H groups in total. The molecule has 0 spiro atoms. The van der Waals surface area contributed by atoms with Crippen molar-refractivity contribution < 1.29 is 14.3 Å². The predicted octanol–water partition coefficient (Wildman–Crippen LogP) is 2.53. The van der Waals surface area contributed by atoms with Crippen LogP contribution in [-0.4, -0.2) is 38.5 Å². The predicted molar refractivity (Wildman–Crippen MR) is 104 cm³/mol. The van der Waals surface area contributed by atoms with Crippen LogP contribution in [0.5, 0.6) is 0 Å². The summed E-state index contributed by atoms with van der Waals surface area (Å²) in [7, 11) is 1.78. The number of thioether (sulfide) groups is 1. The number of aryl methyl sites for hydroxylation is 2. The van der Waals surface area contributed by atoms with Gasteiger partial charge in [0.25, 0.3) is 0 Å². The van der Waals surface area contributed by atoms with Crippen LogP contribution in [0.3, 0.4) is 0 Å². The van der Waals surface area contributed by atoms with Crippen LogP contribution >= 0.6 is 11.8 Å². The lowest BCUT2D eigenvalue weighted by Crippen LogP contribution is -2.23. The molecule has 1 heterocycles. The van der Waals surface area contributed by atoms with Crippen molar-refractivity contribution in [1.82, 2.24) is 14.8 Å². The number of fused-ring (bicyclic) bond motifs is 1. The Morgan fingerprint density at radius 3 is 2.85 bits per heavy atom. The number of nitrogens with zero attached hydrogens (tertiary/aromatic N) is 3. The van der Waals surface area contributed by atoms with Crippen LogP contribution < -0.4 is 5.32 Å². The van der Waals surface area contributed by atoms with Crippen LogP contribution in [0.1, 0.15) is 37.2 Å². The number of aromatic nitrogens is 3. The molecule has 1 aliphatic carbocycles. The molecule has 0 radical (unpaired) electrons. The molecule has 1 aromatic heterocycles. The van der Waals surface area contributed by atoms with Crippen LogP contribution in [0.25, 0.3) is 0 Å². The molecule has 144 valence electrons. The third-order valence-electron chi connectivity index (χ3n) is 4.55. The monoisotopic (exact) mass is 388 g/mol. The van der Waals surface area contributed by atoms with E-state index in [1.54, 1.807) is 18.5 Å². The molecule has 0 fully saturated rings. The van der Waals surface area contributed by atoms with Gasteiger partial charge in [-0.05, 0) is 56.4 Å². The second kappa shape index (κ2) is 8.56. The normalized spacial score (nSPS) is 13.9. The number of carbonyl (C=O) groups excluding carboxylic acids is 2.